The van der Waals surface area contributed by atoms with E-state index in [1.54, 1.807) is 38.8 Å². The van der Waals surface area contributed by atoms with Gasteiger partial charge in [-0.15, -0.1) is 0 Å². The molecule has 0 spiro atoms. The summed E-state index contributed by atoms with van der Waals surface area (Å²) < 4.78 is 36.0. The Kier molecular flexibility index (Phi) is 16.1. The van der Waals surface area contributed by atoms with Crippen molar-refractivity contribution in [3.63, 3.8) is 0 Å². The molecule has 366 valence electrons. The first kappa shape index (κ1) is 49.7. The van der Waals surface area contributed by atoms with E-state index in [1.807, 2.05) is 29.2 Å². The summed E-state index contributed by atoms with van der Waals surface area (Å²) >= 11 is 6.57. The molecule has 3 fully saturated rings. The van der Waals surface area contributed by atoms with Crippen molar-refractivity contribution in [1.29, 1.82) is 0 Å². The summed E-state index contributed by atoms with van der Waals surface area (Å²) in [5.41, 5.74) is 3.96. The van der Waals surface area contributed by atoms with Crippen LogP contribution in [-0.4, -0.2) is 159 Å². The van der Waals surface area contributed by atoms with Crippen molar-refractivity contribution in [2.45, 2.75) is 57.0 Å². The number of carbonyl (C=O) groups excluding carboxylic acids is 5. The van der Waals surface area contributed by atoms with Crippen molar-refractivity contribution in [3.8, 4) is 11.5 Å². The molecule has 0 aliphatic carbocycles. The van der Waals surface area contributed by atoms with E-state index in [4.69, 9.17) is 35.5 Å². The number of halogens is 1. The monoisotopic (exact) mass is 983 g/mol. The standard InChI is InChI=1S/C50H59ClN7O10P/c1-65-42-31-36(12-11-33(42)30-44-52-32-38(51)39(53-44)29-34-7-4-5-10-43(34)69(2,3)64)55-18-15-35(16-19-55)56-20-22-57(23-21-56)46(60)17-24-66-25-26-67-27-28-68-41-9-6-8-37-47(41)50(63)58(49(37)62)40-13-14-45(59)54-48(40)61/h4-12,31-32,35,40H,13-30H2,1-3H3,(H,54,59,61). The van der Waals surface area contributed by atoms with Crippen molar-refractivity contribution < 1.29 is 47.5 Å². The van der Waals surface area contributed by atoms with Gasteiger partial charge in [0.25, 0.3) is 11.8 Å². The molecule has 1 atom stereocenters. The fourth-order valence-corrected chi connectivity index (χ4v) is 11.0. The summed E-state index contributed by atoms with van der Waals surface area (Å²) in [6.45, 7) is 9.60. The molecule has 0 bridgehead atoms. The highest BCUT2D eigenvalue weighted by atomic mass is 35.5. The molecule has 1 aromatic heterocycles. The Morgan fingerprint density at radius 3 is 2.29 bits per heavy atom. The van der Waals surface area contributed by atoms with Gasteiger partial charge in [-0.3, -0.25) is 39.1 Å². The Morgan fingerprint density at radius 2 is 1.55 bits per heavy atom. The van der Waals surface area contributed by atoms with Crippen LogP contribution in [0.4, 0.5) is 5.69 Å². The number of rotatable bonds is 19. The van der Waals surface area contributed by atoms with Crippen molar-refractivity contribution in [2.24, 2.45) is 0 Å². The lowest BCUT2D eigenvalue weighted by Gasteiger charge is -2.43. The average Bonchev–Trinajstić information content (AvgIpc) is 3.60. The largest absolute Gasteiger partial charge is 0.496 e. The zero-order valence-electron chi connectivity index (χ0n) is 39.3. The van der Waals surface area contributed by atoms with Gasteiger partial charge >= 0.3 is 0 Å². The highest BCUT2D eigenvalue weighted by Gasteiger charge is 2.46. The zero-order valence-corrected chi connectivity index (χ0v) is 41.0. The first-order valence-electron chi connectivity index (χ1n) is 23.5. The Labute approximate surface area is 407 Å². The van der Waals surface area contributed by atoms with Gasteiger partial charge in [0, 0.05) is 93.4 Å². The lowest BCUT2D eigenvalue weighted by Crippen LogP contribution is -2.54. The Hall–Kier alpha value is -5.71. The normalized spacial score (nSPS) is 18.1. The summed E-state index contributed by atoms with van der Waals surface area (Å²) in [5, 5.41) is 3.50. The predicted molar refractivity (Wildman–Crippen MR) is 259 cm³/mol. The van der Waals surface area contributed by atoms with E-state index in [0.717, 1.165) is 71.8 Å². The Balaban J connectivity index is 0.708. The van der Waals surface area contributed by atoms with Crippen LogP contribution in [0.3, 0.4) is 0 Å². The highest BCUT2D eigenvalue weighted by Crippen LogP contribution is 2.37. The van der Waals surface area contributed by atoms with Gasteiger partial charge in [0.15, 0.2) is 0 Å². The zero-order chi connectivity index (χ0) is 48.7. The average molecular weight is 984 g/mol. The minimum atomic E-state index is -2.49. The minimum Gasteiger partial charge on any atom is -0.496 e. The number of amides is 5. The molecule has 5 amide bonds. The van der Waals surface area contributed by atoms with E-state index in [9.17, 15) is 28.5 Å². The van der Waals surface area contributed by atoms with Crippen LogP contribution in [0.25, 0.3) is 0 Å². The number of hydrogen-bond donors (Lipinski definition) is 1. The molecule has 0 radical (unpaired) electrons. The van der Waals surface area contributed by atoms with E-state index < -0.39 is 36.8 Å². The molecule has 69 heavy (non-hydrogen) atoms. The molecule has 0 saturated carbocycles. The molecule has 19 heteroatoms. The molecule has 4 aliphatic heterocycles. The van der Waals surface area contributed by atoms with Crippen LogP contribution < -0.4 is 25.0 Å². The number of hydrogen-bond acceptors (Lipinski definition) is 14. The second kappa shape index (κ2) is 22.4. The predicted octanol–water partition coefficient (Wildman–Crippen LogP) is 4.58. The SMILES string of the molecule is COc1cc(N2CCC(N3CCN(C(=O)CCOCCOCCOc4cccc5c4C(=O)N(C4CCC(=O)NC4=O)C5=O)CC3)CC2)ccc1Cc1ncc(Cl)c(Cc2ccccc2P(C)(C)=O)n1. The van der Waals surface area contributed by atoms with Crippen molar-refractivity contribution in [2.75, 3.05) is 97.6 Å². The number of aromatic nitrogens is 2. The number of nitrogens with zero attached hydrogens (tertiary/aromatic N) is 6. The third-order valence-electron chi connectivity index (χ3n) is 13.2. The maximum absolute atomic E-state index is 13.3. The molecule has 3 aromatic carbocycles. The third-order valence-corrected chi connectivity index (χ3v) is 15.1. The van der Waals surface area contributed by atoms with Crippen LogP contribution in [0.15, 0.2) is 66.9 Å². The molecular formula is C50H59ClN7O10P. The number of carbonyl (C=O) groups is 5. The first-order valence-corrected chi connectivity index (χ1v) is 26.5. The lowest BCUT2D eigenvalue weighted by atomic mass is 10.0. The van der Waals surface area contributed by atoms with Gasteiger partial charge in [-0.05, 0) is 56.4 Å². The van der Waals surface area contributed by atoms with Gasteiger partial charge < -0.3 is 33.3 Å². The highest BCUT2D eigenvalue weighted by molar-refractivity contribution is 7.70. The van der Waals surface area contributed by atoms with Gasteiger partial charge in [-0.2, -0.15) is 0 Å². The molecule has 4 aliphatic rings. The van der Waals surface area contributed by atoms with E-state index in [1.165, 1.54) is 6.07 Å². The summed E-state index contributed by atoms with van der Waals surface area (Å²) in [7, 11) is -0.806. The molecular weight excluding hydrogens is 925 g/mol. The molecule has 5 heterocycles. The third kappa shape index (κ3) is 11.8. The van der Waals surface area contributed by atoms with E-state index in [2.05, 4.69) is 38.3 Å². The molecule has 1 N–H and O–H groups in total. The second-order valence-corrected chi connectivity index (χ2v) is 21.6. The molecule has 1 unspecified atom stereocenters. The van der Waals surface area contributed by atoms with Gasteiger partial charge in [-0.25, -0.2) is 9.97 Å². The molecule has 17 nitrogen and oxygen atoms in total. The quantitative estimate of drug-likeness (QED) is 0.0781. The molecule has 8 rings (SSSR count). The van der Waals surface area contributed by atoms with Gasteiger partial charge in [0.2, 0.25) is 17.7 Å². The maximum atomic E-state index is 13.3. The van der Waals surface area contributed by atoms with E-state index in [-0.39, 0.29) is 68.5 Å². The first-order chi connectivity index (χ1) is 33.3. The second-order valence-electron chi connectivity index (χ2n) is 18.0. The van der Waals surface area contributed by atoms with Crippen molar-refractivity contribution in [1.82, 2.24) is 30.0 Å². The fraction of sp³-hybridized carbons (Fsp3) is 0.460. The number of anilines is 1. The maximum Gasteiger partial charge on any atom is 0.266 e. The number of fused-ring (bicyclic) bond motifs is 1. The number of ether oxygens (including phenoxy) is 4. The number of nitrogens with one attached hydrogen (secondary N) is 1. The molecule has 3 saturated heterocycles. The smallest absolute Gasteiger partial charge is 0.266 e. The van der Waals surface area contributed by atoms with Crippen LogP contribution >= 0.6 is 18.7 Å². The van der Waals surface area contributed by atoms with Gasteiger partial charge in [0.1, 0.15) is 37.1 Å². The van der Waals surface area contributed by atoms with Crippen LogP contribution in [0.1, 0.15) is 75.5 Å². The fourth-order valence-electron chi connectivity index (χ4n) is 9.55. The van der Waals surface area contributed by atoms with E-state index >= 15 is 0 Å². The van der Waals surface area contributed by atoms with Crippen LogP contribution in [0.2, 0.25) is 5.02 Å². The van der Waals surface area contributed by atoms with Gasteiger partial charge in [0.05, 0.1) is 61.8 Å². The van der Waals surface area contributed by atoms with E-state index in [0.29, 0.717) is 55.1 Å². The van der Waals surface area contributed by atoms with Crippen LogP contribution in [-0.2, 0) is 41.3 Å². The lowest BCUT2D eigenvalue weighted by molar-refractivity contribution is -0.136. The number of piperazine rings is 1. The van der Waals surface area contributed by atoms with Crippen molar-refractivity contribution in [3.05, 3.63) is 106 Å². The number of imide groups is 2. The Morgan fingerprint density at radius 1 is 0.812 bits per heavy atom. The number of piperidine rings is 2. The summed E-state index contributed by atoms with van der Waals surface area (Å²) in [5.74, 6) is -0.642. The number of methoxy groups -OCH3 is 1. The number of benzene rings is 3. The van der Waals surface area contributed by atoms with Crippen LogP contribution in [0.5, 0.6) is 11.5 Å². The van der Waals surface area contributed by atoms with Crippen molar-refractivity contribution >= 4 is 59.3 Å². The Bertz CT molecular complexity index is 2610. The summed E-state index contributed by atoms with van der Waals surface area (Å²) in [6, 6.07) is 18.2. The summed E-state index contributed by atoms with van der Waals surface area (Å²) in [6.07, 6.45) is 5.02. The summed E-state index contributed by atoms with van der Waals surface area (Å²) in [4.78, 5) is 80.4. The van der Waals surface area contributed by atoms with Gasteiger partial charge in [-0.1, -0.05) is 48.0 Å². The topological polar surface area (TPSA) is 190 Å². The molecule has 4 aromatic rings. The van der Waals surface area contributed by atoms with Crippen LogP contribution in [0, 0.1) is 0 Å². The minimum absolute atomic E-state index is 0.0396.